The number of aromatic nitrogens is 1. The molecule has 0 saturated heterocycles. The van der Waals surface area contributed by atoms with Crippen LogP contribution in [0, 0.1) is 0 Å². The number of pyridine rings is 1. The smallest absolute Gasteiger partial charge is 0.280 e. The Bertz CT molecular complexity index is 608. The number of alkyl halides is 2. The van der Waals surface area contributed by atoms with Crippen molar-refractivity contribution in [2.45, 2.75) is 32.1 Å². The molecule has 1 aliphatic rings. The summed E-state index contributed by atoms with van der Waals surface area (Å²) >= 11 is 0. The minimum absolute atomic E-state index is 0.223. The summed E-state index contributed by atoms with van der Waals surface area (Å²) in [5.74, 6) is 0. The zero-order valence-electron chi connectivity index (χ0n) is 9.92. The molecule has 1 aliphatic carbocycles. The molecule has 2 nitrogen and oxygen atoms in total. The summed E-state index contributed by atoms with van der Waals surface area (Å²) < 4.78 is 25.6. The summed E-state index contributed by atoms with van der Waals surface area (Å²) in [5.41, 5.74) is 9.03. The largest absolute Gasteiger partial charge is 0.398 e. The number of rotatable bonds is 1. The molecule has 4 heteroatoms. The number of nitrogens with zero attached hydrogens (tertiary/aromatic N) is 1. The van der Waals surface area contributed by atoms with Crippen LogP contribution in [0.3, 0.4) is 0 Å². The summed E-state index contributed by atoms with van der Waals surface area (Å²) in [4.78, 5) is 4.12. The number of nitrogens with two attached hydrogens (primary N) is 1. The number of nitrogen functional groups attached to an aromatic ring is 1. The predicted molar refractivity (Wildman–Crippen MR) is 67.8 cm³/mol. The monoisotopic (exact) mass is 248 g/mol. The highest BCUT2D eigenvalue weighted by Gasteiger charge is 2.17. The van der Waals surface area contributed by atoms with Crippen molar-refractivity contribution in [3.8, 4) is 0 Å². The molecule has 0 amide bonds. The van der Waals surface area contributed by atoms with Gasteiger partial charge in [-0.2, -0.15) is 0 Å². The third-order valence-electron chi connectivity index (χ3n) is 3.58. The molecule has 3 rings (SSSR count). The van der Waals surface area contributed by atoms with E-state index in [1.165, 1.54) is 11.6 Å². The summed E-state index contributed by atoms with van der Waals surface area (Å²) in [6.07, 6.45) is 1.59. The summed E-state index contributed by atoms with van der Waals surface area (Å²) in [6, 6.07) is 5.23. The average Bonchev–Trinajstić information content (AvgIpc) is 2.38. The highest BCUT2D eigenvalue weighted by Crippen LogP contribution is 2.32. The van der Waals surface area contributed by atoms with E-state index in [2.05, 4.69) is 11.1 Å². The Morgan fingerprint density at radius 1 is 1.17 bits per heavy atom. The van der Waals surface area contributed by atoms with Gasteiger partial charge < -0.3 is 5.73 Å². The molecule has 0 saturated carbocycles. The lowest BCUT2D eigenvalue weighted by molar-refractivity contribution is 0.146. The first kappa shape index (κ1) is 11.4. The Kier molecular flexibility index (Phi) is 2.65. The zero-order chi connectivity index (χ0) is 12.7. The topological polar surface area (TPSA) is 38.9 Å². The highest BCUT2D eigenvalue weighted by atomic mass is 19.3. The van der Waals surface area contributed by atoms with E-state index < -0.39 is 6.43 Å². The number of anilines is 1. The minimum atomic E-state index is -2.57. The molecular weight excluding hydrogens is 234 g/mol. The van der Waals surface area contributed by atoms with E-state index in [1.54, 1.807) is 0 Å². The molecule has 0 fully saturated rings. The lowest BCUT2D eigenvalue weighted by atomic mass is 9.89. The van der Waals surface area contributed by atoms with E-state index in [4.69, 9.17) is 5.73 Å². The summed E-state index contributed by atoms with van der Waals surface area (Å²) in [6.45, 7) is 0. The van der Waals surface area contributed by atoms with Crippen LogP contribution in [-0.2, 0) is 12.8 Å². The Morgan fingerprint density at radius 3 is 2.72 bits per heavy atom. The molecule has 0 bridgehead atoms. The van der Waals surface area contributed by atoms with Crippen LogP contribution in [-0.4, -0.2) is 4.98 Å². The molecule has 0 aliphatic heterocycles. The highest BCUT2D eigenvalue weighted by molar-refractivity contribution is 5.93. The number of hydrogen-bond donors (Lipinski definition) is 1. The lowest BCUT2D eigenvalue weighted by Crippen LogP contribution is -2.06. The minimum Gasteiger partial charge on any atom is -0.398 e. The van der Waals surface area contributed by atoms with Crippen LogP contribution in [0.15, 0.2) is 18.2 Å². The quantitative estimate of drug-likeness (QED) is 0.836. The van der Waals surface area contributed by atoms with Crippen LogP contribution in [0.1, 0.15) is 36.1 Å². The van der Waals surface area contributed by atoms with Crippen LogP contribution < -0.4 is 5.73 Å². The third kappa shape index (κ3) is 1.72. The maximum Gasteiger partial charge on any atom is 0.280 e. The van der Waals surface area contributed by atoms with Gasteiger partial charge in [0.2, 0.25) is 0 Å². The molecule has 18 heavy (non-hydrogen) atoms. The lowest BCUT2D eigenvalue weighted by Gasteiger charge is -2.18. The summed E-state index contributed by atoms with van der Waals surface area (Å²) in [7, 11) is 0. The zero-order valence-corrected chi connectivity index (χ0v) is 9.92. The first-order valence-corrected chi connectivity index (χ1v) is 6.16. The third-order valence-corrected chi connectivity index (χ3v) is 3.58. The van der Waals surface area contributed by atoms with Crippen molar-refractivity contribution >= 4 is 16.6 Å². The van der Waals surface area contributed by atoms with E-state index >= 15 is 0 Å². The van der Waals surface area contributed by atoms with Gasteiger partial charge in [0, 0.05) is 11.1 Å². The molecule has 94 valence electrons. The van der Waals surface area contributed by atoms with Crippen LogP contribution in [0.25, 0.3) is 10.9 Å². The number of fused-ring (bicyclic) bond motifs is 3. The summed E-state index contributed by atoms with van der Waals surface area (Å²) in [5, 5.41) is 0.792. The van der Waals surface area contributed by atoms with E-state index in [9.17, 15) is 8.78 Å². The van der Waals surface area contributed by atoms with Gasteiger partial charge in [-0.15, -0.1) is 0 Å². The van der Waals surface area contributed by atoms with Crippen molar-refractivity contribution in [1.29, 1.82) is 0 Å². The van der Waals surface area contributed by atoms with Gasteiger partial charge in [-0.25, -0.2) is 13.8 Å². The number of hydrogen-bond acceptors (Lipinski definition) is 2. The Morgan fingerprint density at radius 2 is 1.94 bits per heavy atom. The maximum absolute atomic E-state index is 12.8. The molecular formula is C14H14F2N2. The van der Waals surface area contributed by atoms with Crippen molar-refractivity contribution in [1.82, 2.24) is 4.98 Å². The second-order valence-electron chi connectivity index (χ2n) is 4.74. The van der Waals surface area contributed by atoms with Crippen molar-refractivity contribution in [2.75, 3.05) is 5.73 Å². The average molecular weight is 248 g/mol. The van der Waals surface area contributed by atoms with Crippen LogP contribution in [0.4, 0.5) is 14.5 Å². The molecule has 1 aromatic heterocycles. The Balaban J connectivity index is 2.31. The van der Waals surface area contributed by atoms with Gasteiger partial charge in [0.1, 0.15) is 5.69 Å². The molecule has 0 atom stereocenters. The SMILES string of the molecule is Nc1cc(C(F)F)nc2c3c(ccc12)CCCC3. The molecule has 0 spiro atoms. The standard InChI is InChI=1S/C14H14F2N2/c15-14(16)12-7-11(17)10-6-5-8-3-1-2-4-9(8)13(10)18-12/h5-7,14H,1-4H2,(H2,17,18). The molecule has 2 aromatic rings. The predicted octanol–water partition coefficient (Wildman–Crippen LogP) is 3.63. The first-order chi connectivity index (χ1) is 8.66. The fraction of sp³-hybridized carbons (Fsp3) is 0.357. The van der Waals surface area contributed by atoms with Gasteiger partial charge in [0.15, 0.2) is 0 Å². The fourth-order valence-electron chi connectivity index (χ4n) is 2.68. The maximum atomic E-state index is 12.8. The van der Waals surface area contributed by atoms with E-state index in [-0.39, 0.29) is 5.69 Å². The molecule has 0 radical (unpaired) electrons. The van der Waals surface area contributed by atoms with Crippen LogP contribution in [0.2, 0.25) is 0 Å². The van der Waals surface area contributed by atoms with E-state index in [0.717, 1.165) is 36.6 Å². The normalized spacial score (nSPS) is 15.1. The first-order valence-electron chi connectivity index (χ1n) is 6.16. The number of halogens is 2. The van der Waals surface area contributed by atoms with Crippen molar-refractivity contribution in [3.05, 3.63) is 35.0 Å². The molecule has 0 unspecified atom stereocenters. The van der Waals surface area contributed by atoms with Gasteiger partial charge in [-0.05, 0) is 42.9 Å². The van der Waals surface area contributed by atoms with Crippen molar-refractivity contribution < 1.29 is 8.78 Å². The van der Waals surface area contributed by atoms with Gasteiger partial charge in [-0.3, -0.25) is 0 Å². The van der Waals surface area contributed by atoms with Gasteiger partial charge in [-0.1, -0.05) is 12.1 Å². The van der Waals surface area contributed by atoms with Gasteiger partial charge in [0.25, 0.3) is 6.43 Å². The molecule has 1 aromatic carbocycles. The van der Waals surface area contributed by atoms with Crippen molar-refractivity contribution in [2.24, 2.45) is 0 Å². The van der Waals surface area contributed by atoms with Gasteiger partial charge in [0.05, 0.1) is 5.52 Å². The van der Waals surface area contributed by atoms with Crippen LogP contribution in [0.5, 0.6) is 0 Å². The number of aryl methyl sites for hydroxylation is 2. The molecule has 1 heterocycles. The van der Waals surface area contributed by atoms with Crippen molar-refractivity contribution in [3.63, 3.8) is 0 Å². The Labute approximate surface area is 104 Å². The number of benzene rings is 1. The molecule has 2 N–H and O–H groups in total. The van der Waals surface area contributed by atoms with E-state index in [1.807, 2.05) is 6.07 Å². The Hall–Kier alpha value is -1.71. The second-order valence-corrected chi connectivity index (χ2v) is 4.74. The van der Waals surface area contributed by atoms with E-state index in [0.29, 0.717) is 11.2 Å². The van der Waals surface area contributed by atoms with Gasteiger partial charge >= 0.3 is 0 Å². The second kappa shape index (κ2) is 4.19. The van der Waals surface area contributed by atoms with Crippen LogP contribution >= 0.6 is 0 Å². The fourth-order valence-corrected chi connectivity index (χ4v) is 2.68.